The van der Waals surface area contributed by atoms with Gasteiger partial charge in [0.25, 0.3) is 5.91 Å². The number of nitrogens with zero attached hydrogens (tertiary/aromatic N) is 2. The second-order valence-electron chi connectivity index (χ2n) is 12.7. The van der Waals surface area contributed by atoms with Crippen molar-refractivity contribution in [3.8, 4) is 17.2 Å². The molecule has 1 heterocycles. The number of ether oxygens (including phenoxy) is 2. The topological polar surface area (TPSA) is 103 Å². The molecule has 9 heteroatoms. The molecule has 0 unspecified atom stereocenters. The minimum atomic E-state index is -0.454. The van der Waals surface area contributed by atoms with Crippen molar-refractivity contribution >= 4 is 34.1 Å². The van der Waals surface area contributed by atoms with E-state index in [0.717, 1.165) is 27.8 Å². The zero-order chi connectivity index (χ0) is 34.3. The van der Waals surface area contributed by atoms with Gasteiger partial charge in [-0.25, -0.2) is 4.79 Å². The fourth-order valence-electron chi connectivity index (χ4n) is 6.14. The van der Waals surface area contributed by atoms with Crippen LogP contribution in [0.3, 0.4) is 0 Å². The van der Waals surface area contributed by atoms with Crippen molar-refractivity contribution in [3.63, 3.8) is 0 Å². The summed E-state index contributed by atoms with van der Waals surface area (Å²) in [7, 11) is 2.03. The smallest absolute Gasteiger partial charge is 0.323 e. The van der Waals surface area contributed by atoms with Crippen LogP contribution in [-0.2, 0) is 6.54 Å². The van der Waals surface area contributed by atoms with Crippen LogP contribution in [0.1, 0.15) is 29.8 Å². The summed E-state index contributed by atoms with van der Waals surface area (Å²) >= 11 is 0. The van der Waals surface area contributed by atoms with Gasteiger partial charge in [0.05, 0.1) is 29.6 Å². The maximum absolute atomic E-state index is 13.9. The van der Waals surface area contributed by atoms with Crippen molar-refractivity contribution < 1.29 is 24.2 Å². The minimum absolute atomic E-state index is 0.0900. The number of nitrogens with one attached hydrogen (secondary N) is 2. The molecule has 0 radical (unpaired) electrons. The number of hydrogen-bond acceptors (Lipinski definition) is 6. The number of carbonyl (C=O) groups excluding carboxylic acids is 2. The molecule has 0 saturated heterocycles. The van der Waals surface area contributed by atoms with Crippen molar-refractivity contribution in [2.24, 2.45) is 5.92 Å². The fourth-order valence-corrected chi connectivity index (χ4v) is 6.14. The first-order valence-corrected chi connectivity index (χ1v) is 16.6. The molecule has 3 N–H and O–H groups in total. The lowest BCUT2D eigenvalue weighted by molar-refractivity contribution is 0.0343. The van der Waals surface area contributed by atoms with Crippen LogP contribution in [0.25, 0.3) is 10.8 Å². The van der Waals surface area contributed by atoms with Gasteiger partial charge >= 0.3 is 6.03 Å². The van der Waals surface area contributed by atoms with Crippen LogP contribution in [0.2, 0.25) is 0 Å². The average Bonchev–Trinajstić information content (AvgIpc) is 3.11. The first-order chi connectivity index (χ1) is 23.8. The van der Waals surface area contributed by atoms with E-state index in [-0.39, 0.29) is 24.5 Å². The first-order valence-electron chi connectivity index (χ1n) is 16.6. The number of rotatable bonds is 10. The second-order valence-corrected chi connectivity index (χ2v) is 12.7. The highest BCUT2D eigenvalue weighted by Gasteiger charge is 2.34. The third kappa shape index (κ3) is 8.02. The van der Waals surface area contributed by atoms with Crippen LogP contribution in [0, 0.1) is 5.92 Å². The van der Waals surface area contributed by atoms with Gasteiger partial charge in [-0.05, 0) is 67.4 Å². The number of carbonyl (C=O) groups is 2. The van der Waals surface area contributed by atoms with E-state index in [4.69, 9.17) is 9.47 Å². The van der Waals surface area contributed by atoms with Gasteiger partial charge in [-0.1, -0.05) is 79.7 Å². The van der Waals surface area contributed by atoms with Gasteiger partial charge in [0.1, 0.15) is 17.6 Å². The summed E-state index contributed by atoms with van der Waals surface area (Å²) < 4.78 is 12.7. The number of aliphatic hydroxyl groups is 1. The van der Waals surface area contributed by atoms with Crippen molar-refractivity contribution in [2.45, 2.75) is 32.5 Å². The summed E-state index contributed by atoms with van der Waals surface area (Å²) in [5.74, 6) is 1.51. The summed E-state index contributed by atoms with van der Waals surface area (Å²) in [6, 6.07) is 35.6. The number of para-hydroxylation sites is 2. The molecule has 0 aromatic heterocycles. The van der Waals surface area contributed by atoms with Crippen molar-refractivity contribution in [2.75, 3.05) is 37.4 Å². The van der Waals surface area contributed by atoms with E-state index in [2.05, 4.69) is 15.5 Å². The van der Waals surface area contributed by atoms with E-state index in [1.165, 1.54) is 0 Å². The number of aliphatic hydroxyl groups excluding tert-OH is 1. The average molecular weight is 659 g/mol. The third-order valence-corrected chi connectivity index (χ3v) is 8.82. The molecule has 3 atom stereocenters. The molecular formula is C40H42N4O5. The first kappa shape index (κ1) is 33.5. The van der Waals surface area contributed by atoms with Crippen molar-refractivity contribution in [1.82, 2.24) is 9.80 Å². The van der Waals surface area contributed by atoms with Crippen LogP contribution in [-0.4, -0.2) is 65.7 Å². The van der Waals surface area contributed by atoms with Gasteiger partial charge in [-0.2, -0.15) is 0 Å². The van der Waals surface area contributed by atoms with Gasteiger partial charge in [0.2, 0.25) is 0 Å². The van der Waals surface area contributed by atoms with Gasteiger partial charge in [-0.15, -0.1) is 0 Å². The third-order valence-electron chi connectivity index (χ3n) is 8.82. The Morgan fingerprint density at radius 1 is 0.898 bits per heavy atom. The SMILES string of the molecule is C[C@H]1CN([C@@H](C)CO)C(=O)c2cccc(NC(=O)Nc3cccc4ccccc34)c2O[C@H]1CN(C)Cc1ccc(Oc2ccccc2)cc1. The Kier molecular flexibility index (Phi) is 10.4. The van der Waals surface area contributed by atoms with E-state index >= 15 is 0 Å². The lowest BCUT2D eigenvalue weighted by Crippen LogP contribution is -2.49. The molecule has 252 valence electrons. The molecule has 0 bridgehead atoms. The van der Waals surface area contributed by atoms with E-state index in [1.54, 1.807) is 23.1 Å². The lowest BCUT2D eigenvalue weighted by Gasteiger charge is -2.38. The largest absolute Gasteiger partial charge is 0.486 e. The predicted molar refractivity (Wildman–Crippen MR) is 193 cm³/mol. The zero-order valence-corrected chi connectivity index (χ0v) is 28.0. The van der Waals surface area contributed by atoms with Gasteiger partial charge in [0, 0.05) is 30.9 Å². The highest BCUT2D eigenvalue weighted by molar-refractivity contribution is 6.08. The number of benzene rings is 5. The van der Waals surface area contributed by atoms with Crippen molar-refractivity contribution in [1.29, 1.82) is 0 Å². The summed E-state index contributed by atoms with van der Waals surface area (Å²) in [4.78, 5) is 31.2. The molecule has 49 heavy (non-hydrogen) atoms. The highest BCUT2D eigenvalue weighted by atomic mass is 16.5. The maximum atomic E-state index is 13.9. The molecule has 5 aromatic carbocycles. The summed E-state index contributed by atoms with van der Waals surface area (Å²) in [5.41, 5.74) is 2.50. The Hall–Kier alpha value is -5.38. The molecule has 0 saturated carbocycles. The van der Waals surface area contributed by atoms with E-state index < -0.39 is 12.1 Å². The van der Waals surface area contributed by atoms with E-state index in [1.807, 2.05) is 118 Å². The van der Waals surface area contributed by atoms with Crippen molar-refractivity contribution in [3.05, 3.63) is 126 Å². The number of fused-ring (bicyclic) bond motifs is 2. The maximum Gasteiger partial charge on any atom is 0.323 e. The van der Waals surface area contributed by atoms with E-state index in [0.29, 0.717) is 42.3 Å². The van der Waals surface area contributed by atoms with Gasteiger partial charge < -0.3 is 30.1 Å². The monoisotopic (exact) mass is 658 g/mol. The number of anilines is 2. The van der Waals surface area contributed by atoms with E-state index in [9.17, 15) is 14.7 Å². The number of hydrogen-bond donors (Lipinski definition) is 3. The van der Waals surface area contributed by atoms with Crippen LogP contribution in [0.5, 0.6) is 17.2 Å². The molecule has 5 aromatic rings. The number of amides is 3. The summed E-state index contributed by atoms with van der Waals surface area (Å²) in [6.45, 7) is 5.33. The van der Waals surface area contributed by atoms with Crippen LogP contribution >= 0.6 is 0 Å². The molecular weight excluding hydrogens is 616 g/mol. The Morgan fingerprint density at radius 3 is 2.33 bits per heavy atom. The Bertz CT molecular complexity index is 1890. The van der Waals surface area contributed by atoms with Gasteiger partial charge in [-0.3, -0.25) is 9.69 Å². The fraction of sp³-hybridized carbons (Fsp3) is 0.250. The molecule has 1 aliphatic heterocycles. The highest BCUT2D eigenvalue weighted by Crippen LogP contribution is 2.35. The molecule has 0 spiro atoms. The quantitative estimate of drug-likeness (QED) is 0.143. The molecule has 0 fully saturated rings. The zero-order valence-electron chi connectivity index (χ0n) is 28.0. The normalized spacial score (nSPS) is 16.7. The standard InChI is InChI=1S/C40H42N4O5/c1-27-23-44(28(2)26-45)39(46)34-16-10-18-36(42-40(47)41-35-17-9-12-30-11-7-8-15-33(30)35)38(34)49-37(27)25-43(3)24-29-19-21-32(22-20-29)48-31-13-5-4-6-14-31/h4-22,27-28,37,45H,23-26H2,1-3H3,(H2,41,42,47)/t27-,28-,37-/m0/s1. The number of likely N-dealkylation sites (N-methyl/N-ethyl adjacent to an activating group) is 1. The second kappa shape index (κ2) is 15.2. The number of urea groups is 1. The Labute approximate surface area is 287 Å². The lowest BCUT2D eigenvalue weighted by atomic mass is 9.99. The molecule has 1 aliphatic rings. The Morgan fingerprint density at radius 2 is 1.55 bits per heavy atom. The molecule has 3 amide bonds. The van der Waals surface area contributed by atoms with Gasteiger partial charge in [0.15, 0.2) is 5.75 Å². The predicted octanol–water partition coefficient (Wildman–Crippen LogP) is 7.63. The summed E-state index contributed by atoms with van der Waals surface area (Å²) in [6.07, 6.45) is -0.338. The Balaban J connectivity index is 1.22. The van der Waals surface area contributed by atoms with Crippen LogP contribution < -0.4 is 20.1 Å². The molecule has 0 aliphatic carbocycles. The molecule has 9 nitrogen and oxygen atoms in total. The van der Waals surface area contributed by atoms with Crippen LogP contribution in [0.4, 0.5) is 16.2 Å². The van der Waals surface area contributed by atoms with Crippen LogP contribution in [0.15, 0.2) is 115 Å². The summed E-state index contributed by atoms with van der Waals surface area (Å²) in [5, 5.41) is 17.9. The minimum Gasteiger partial charge on any atom is -0.486 e. The molecule has 6 rings (SSSR count).